The Bertz CT molecular complexity index is 1070. The molecule has 2 aromatic carbocycles. The Morgan fingerprint density at radius 1 is 1.00 bits per heavy atom. The zero-order valence-corrected chi connectivity index (χ0v) is 13.8. The molecule has 4 aromatic rings. The Kier molecular flexibility index (Phi) is 3.08. The van der Waals surface area contributed by atoms with Crippen molar-refractivity contribution in [2.24, 2.45) is 0 Å². The summed E-state index contributed by atoms with van der Waals surface area (Å²) in [6, 6.07) is 9.85. The van der Waals surface area contributed by atoms with Gasteiger partial charge < -0.3 is 19.7 Å². The summed E-state index contributed by atoms with van der Waals surface area (Å²) in [4.78, 5) is 4.23. The van der Waals surface area contributed by atoms with Crippen LogP contribution in [0.15, 0.2) is 47.0 Å². The number of aromatic hydroxyl groups is 3. The smallest absolute Gasteiger partial charge is 0.155 e. The van der Waals surface area contributed by atoms with Gasteiger partial charge in [0.2, 0.25) is 0 Å². The van der Waals surface area contributed by atoms with Crippen LogP contribution in [0.1, 0.15) is 0 Å². The van der Waals surface area contributed by atoms with Gasteiger partial charge in [-0.05, 0) is 40.8 Å². The summed E-state index contributed by atoms with van der Waals surface area (Å²) in [5, 5.41) is 31.0. The van der Waals surface area contributed by atoms with Crippen molar-refractivity contribution in [2.45, 2.75) is 0 Å². The molecule has 0 amide bonds. The molecule has 0 aliphatic carbocycles. The molecule has 0 saturated carbocycles. The van der Waals surface area contributed by atoms with Crippen molar-refractivity contribution >= 4 is 44.5 Å². The number of fused-ring (bicyclic) bond motifs is 2. The second-order valence-corrected chi connectivity index (χ2v) is 6.30. The predicted octanol–water partition coefficient (Wildman–Crippen LogP) is 4.37. The zero-order chi connectivity index (χ0) is 16.1. The minimum absolute atomic E-state index is 0.0501. The maximum absolute atomic E-state index is 10.2. The average molecular weight is 419 g/mol. The van der Waals surface area contributed by atoms with E-state index in [4.69, 9.17) is 4.42 Å². The highest BCUT2D eigenvalue weighted by molar-refractivity contribution is 14.1. The van der Waals surface area contributed by atoms with Gasteiger partial charge in [-0.1, -0.05) is 6.07 Å². The molecule has 4 rings (SSSR count). The van der Waals surface area contributed by atoms with Crippen molar-refractivity contribution in [3.05, 3.63) is 46.2 Å². The van der Waals surface area contributed by atoms with E-state index >= 15 is 0 Å². The molecule has 114 valence electrons. The van der Waals surface area contributed by atoms with Gasteiger partial charge in [0.25, 0.3) is 0 Å². The molecule has 0 saturated heterocycles. The van der Waals surface area contributed by atoms with E-state index < -0.39 is 0 Å². The normalized spacial score (nSPS) is 11.3. The summed E-state index contributed by atoms with van der Waals surface area (Å²) in [6.07, 6.45) is 1.62. The maximum Gasteiger partial charge on any atom is 0.155 e. The van der Waals surface area contributed by atoms with Crippen molar-refractivity contribution in [1.82, 2.24) is 4.98 Å². The van der Waals surface area contributed by atoms with Gasteiger partial charge in [-0.15, -0.1) is 0 Å². The minimum Gasteiger partial charge on any atom is -0.508 e. The number of nitrogens with zero attached hydrogens (tertiary/aromatic N) is 1. The average Bonchev–Trinajstić information content (AvgIpc) is 2.95. The number of phenolic OH excluding ortho intramolecular Hbond substituents is 3. The molecule has 2 aromatic heterocycles. The SMILES string of the molecule is Oc1cc(O)c2cc(-c3cc(I)c(O)c4ncccc34)oc2c1. The van der Waals surface area contributed by atoms with E-state index in [-0.39, 0.29) is 17.2 Å². The fourth-order valence-electron chi connectivity index (χ4n) is 2.64. The highest BCUT2D eigenvalue weighted by Gasteiger charge is 2.16. The van der Waals surface area contributed by atoms with Crippen LogP contribution in [-0.2, 0) is 0 Å². The quantitative estimate of drug-likeness (QED) is 0.399. The fraction of sp³-hybridized carbons (Fsp3) is 0. The maximum atomic E-state index is 10.2. The molecule has 0 bridgehead atoms. The molecule has 0 spiro atoms. The first-order valence-corrected chi connectivity index (χ1v) is 7.84. The molecule has 0 radical (unpaired) electrons. The van der Waals surface area contributed by atoms with Crippen molar-refractivity contribution in [2.75, 3.05) is 0 Å². The Balaban J connectivity index is 2.07. The van der Waals surface area contributed by atoms with Crippen LogP contribution in [0.5, 0.6) is 17.2 Å². The van der Waals surface area contributed by atoms with Crippen LogP contribution in [-0.4, -0.2) is 20.3 Å². The van der Waals surface area contributed by atoms with E-state index in [9.17, 15) is 15.3 Å². The second-order valence-electron chi connectivity index (χ2n) is 5.14. The van der Waals surface area contributed by atoms with Gasteiger partial charge in [0.1, 0.15) is 28.4 Å². The number of furan rings is 1. The highest BCUT2D eigenvalue weighted by Crippen LogP contribution is 2.40. The van der Waals surface area contributed by atoms with Gasteiger partial charge in [0.15, 0.2) is 5.75 Å². The number of aromatic nitrogens is 1. The molecule has 5 nitrogen and oxygen atoms in total. The van der Waals surface area contributed by atoms with E-state index in [0.29, 0.717) is 25.8 Å². The third kappa shape index (κ3) is 2.17. The fourth-order valence-corrected chi connectivity index (χ4v) is 3.21. The number of rotatable bonds is 1. The lowest BCUT2D eigenvalue weighted by Crippen LogP contribution is -1.86. The monoisotopic (exact) mass is 419 g/mol. The van der Waals surface area contributed by atoms with E-state index in [1.807, 2.05) is 28.7 Å². The first-order chi connectivity index (χ1) is 11.0. The van der Waals surface area contributed by atoms with Crippen molar-refractivity contribution in [1.29, 1.82) is 0 Å². The molecule has 6 heteroatoms. The van der Waals surface area contributed by atoms with E-state index in [2.05, 4.69) is 4.98 Å². The summed E-state index contributed by atoms with van der Waals surface area (Å²) in [6.45, 7) is 0. The summed E-state index contributed by atoms with van der Waals surface area (Å²) in [5.41, 5.74) is 1.63. The molecular weight excluding hydrogens is 409 g/mol. The number of hydrogen-bond donors (Lipinski definition) is 3. The van der Waals surface area contributed by atoms with Crippen LogP contribution in [0.2, 0.25) is 0 Å². The molecule has 23 heavy (non-hydrogen) atoms. The molecular formula is C17H10INO4. The molecule has 0 aliphatic rings. The molecule has 3 N–H and O–H groups in total. The first-order valence-electron chi connectivity index (χ1n) is 6.76. The van der Waals surface area contributed by atoms with Crippen molar-refractivity contribution in [3.8, 4) is 28.6 Å². The summed E-state index contributed by atoms with van der Waals surface area (Å²) in [7, 11) is 0. The number of pyridine rings is 1. The predicted molar refractivity (Wildman–Crippen MR) is 94.7 cm³/mol. The lowest BCUT2D eigenvalue weighted by Gasteiger charge is -2.07. The lowest BCUT2D eigenvalue weighted by molar-refractivity contribution is 0.453. The van der Waals surface area contributed by atoms with Gasteiger partial charge >= 0.3 is 0 Å². The van der Waals surface area contributed by atoms with Crippen molar-refractivity contribution < 1.29 is 19.7 Å². The van der Waals surface area contributed by atoms with Crippen LogP contribution < -0.4 is 0 Å². The first kappa shape index (κ1) is 14.1. The third-order valence-corrected chi connectivity index (χ3v) is 4.51. The minimum atomic E-state index is -0.0669. The van der Waals surface area contributed by atoms with E-state index in [1.54, 1.807) is 24.4 Å². The number of benzene rings is 2. The second kappa shape index (κ2) is 5.02. The Morgan fingerprint density at radius 3 is 2.65 bits per heavy atom. The largest absolute Gasteiger partial charge is 0.508 e. The Hall–Kier alpha value is -2.48. The van der Waals surface area contributed by atoms with Gasteiger partial charge in [-0.25, -0.2) is 0 Å². The zero-order valence-electron chi connectivity index (χ0n) is 11.6. The standard InChI is InChI=1S/C17H10INO4/c18-12-6-10(9-2-1-3-19-16(9)17(12)22)15-7-11-13(21)4-8(20)5-14(11)23-15/h1-7,20-22H. The topological polar surface area (TPSA) is 86.7 Å². The molecule has 0 fully saturated rings. The van der Waals surface area contributed by atoms with Crippen LogP contribution in [0, 0.1) is 3.57 Å². The van der Waals surface area contributed by atoms with E-state index in [0.717, 1.165) is 10.9 Å². The lowest BCUT2D eigenvalue weighted by atomic mass is 10.1. The molecule has 0 atom stereocenters. The van der Waals surface area contributed by atoms with Crippen LogP contribution in [0.25, 0.3) is 33.2 Å². The van der Waals surface area contributed by atoms with Crippen LogP contribution in [0.4, 0.5) is 0 Å². The molecule has 2 heterocycles. The van der Waals surface area contributed by atoms with Crippen molar-refractivity contribution in [3.63, 3.8) is 0 Å². The Labute approximate surface area is 144 Å². The summed E-state index contributed by atoms with van der Waals surface area (Å²) >= 11 is 2.03. The third-order valence-electron chi connectivity index (χ3n) is 3.69. The Morgan fingerprint density at radius 2 is 1.83 bits per heavy atom. The van der Waals surface area contributed by atoms with Gasteiger partial charge in [-0.3, -0.25) is 4.98 Å². The van der Waals surface area contributed by atoms with Gasteiger partial charge in [0.05, 0.1) is 8.96 Å². The summed E-state index contributed by atoms with van der Waals surface area (Å²) in [5.74, 6) is 0.534. The van der Waals surface area contributed by atoms with Gasteiger partial charge in [0, 0.05) is 29.3 Å². The van der Waals surface area contributed by atoms with E-state index in [1.165, 1.54) is 12.1 Å². The summed E-state index contributed by atoms with van der Waals surface area (Å²) < 4.78 is 6.44. The van der Waals surface area contributed by atoms with Gasteiger partial charge in [-0.2, -0.15) is 0 Å². The number of hydrogen-bond acceptors (Lipinski definition) is 5. The van der Waals surface area contributed by atoms with Crippen LogP contribution >= 0.6 is 22.6 Å². The number of halogens is 1. The van der Waals surface area contributed by atoms with Crippen LogP contribution in [0.3, 0.4) is 0 Å². The molecule has 0 aliphatic heterocycles. The number of phenols is 3. The highest BCUT2D eigenvalue weighted by atomic mass is 127. The molecule has 0 unspecified atom stereocenters.